The van der Waals surface area contributed by atoms with Crippen LogP contribution in [-0.2, 0) is 4.74 Å². The fourth-order valence-corrected chi connectivity index (χ4v) is 3.37. The zero-order valence-corrected chi connectivity index (χ0v) is 21.9. The molecule has 2 rings (SSSR count). The van der Waals surface area contributed by atoms with Gasteiger partial charge < -0.3 is 29.7 Å². The molecule has 1 aliphatic rings. The van der Waals surface area contributed by atoms with Crippen LogP contribution >= 0.6 is 24.0 Å². The van der Waals surface area contributed by atoms with Crippen molar-refractivity contribution < 1.29 is 14.2 Å². The van der Waals surface area contributed by atoms with Gasteiger partial charge in [-0.1, -0.05) is 6.07 Å². The number of hydrogen-bond donors (Lipinski definition) is 2. The van der Waals surface area contributed by atoms with Gasteiger partial charge >= 0.3 is 0 Å². The second-order valence-electron chi connectivity index (χ2n) is 7.82. The van der Waals surface area contributed by atoms with E-state index in [1.165, 1.54) is 0 Å². The Balaban J connectivity index is 0.00000480. The first kappa shape index (κ1) is 27.8. The van der Waals surface area contributed by atoms with Gasteiger partial charge in [0.25, 0.3) is 0 Å². The van der Waals surface area contributed by atoms with Crippen molar-refractivity contribution in [3.05, 3.63) is 24.3 Å². The van der Waals surface area contributed by atoms with E-state index in [9.17, 15) is 0 Å². The van der Waals surface area contributed by atoms with Crippen molar-refractivity contribution >= 4 is 29.9 Å². The number of hydrogen-bond acceptors (Lipinski definition) is 5. The summed E-state index contributed by atoms with van der Waals surface area (Å²) in [7, 11) is 1.66. The van der Waals surface area contributed by atoms with Crippen LogP contribution in [0, 0.1) is 0 Å². The number of benzene rings is 1. The van der Waals surface area contributed by atoms with Crippen molar-refractivity contribution in [1.29, 1.82) is 0 Å². The van der Waals surface area contributed by atoms with Crippen LogP contribution in [0.5, 0.6) is 11.5 Å². The summed E-state index contributed by atoms with van der Waals surface area (Å²) in [5.41, 5.74) is 0. The first-order valence-corrected chi connectivity index (χ1v) is 11.3. The van der Waals surface area contributed by atoms with Crippen LogP contribution in [0.4, 0.5) is 0 Å². The summed E-state index contributed by atoms with van der Waals surface area (Å²) < 4.78 is 16.7. The average Bonchev–Trinajstić information content (AvgIpc) is 2.74. The van der Waals surface area contributed by atoms with E-state index in [4.69, 9.17) is 19.2 Å². The molecule has 1 aliphatic heterocycles. The molecule has 1 aromatic rings. The Labute approximate surface area is 205 Å². The number of likely N-dealkylation sites (tertiary alicyclic amines) is 1. The first-order chi connectivity index (χ1) is 14.6. The van der Waals surface area contributed by atoms with Gasteiger partial charge in [0, 0.05) is 51.3 Å². The molecule has 1 aromatic carbocycles. The Kier molecular flexibility index (Phi) is 14.7. The lowest BCUT2D eigenvalue weighted by Crippen LogP contribution is -2.49. The normalized spacial score (nSPS) is 15.5. The van der Waals surface area contributed by atoms with E-state index in [1.54, 1.807) is 7.11 Å². The van der Waals surface area contributed by atoms with Crippen molar-refractivity contribution in [3.8, 4) is 11.5 Å². The molecule has 7 nitrogen and oxygen atoms in total. The van der Waals surface area contributed by atoms with E-state index < -0.39 is 0 Å². The number of ether oxygens (including phenoxy) is 3. The van der Waals surface area contributed by atoms with Crippen LogP contribution < -0.4 is 20.1 Å². The third-order valence-electron chi connectivity index (χ3n) is 5.01. The summed E-state index contributed by atoms with van der Waals surface area (Å²) in [5, 5.41) is 6.96. The average molecular weight is 549 g/mol. The predicted molar refractivity (Wildman–Crippen MR) is 138 cm³/mol. The van der Waals surface area contributed by atoms with Crippen LogP contribution in [0.15, 0.2) is 29.3 Å². The molecule has 0 aliphatic carbocycles. The molecule has 178 valence electrons. The summed E-state index contributed by atoms with van der Waals surface area (Å²) in [5.74, 6) is 2.54. The predicted octanol–water partition coefficient (Wildman–Crippen LogP) is 3.53. The Hall–Kier alpha value is -1.26. The third-order valence-corrected chi connectivity index (χ3v) is 5.01. The van der Waals surface area contributed by atoms with Crippen LogP contribution in [0.25, 0.3) is 0 Å². The van der Waals surface area contributed by atoms with Crippen LogP contribution in [0.1, 0.15) is 40.0 Å². The molecule has 2 N–H and O–H groups in total. The number of piperidine rings is 1. The van der Waals surface area contributed by atoms with Crippen molar-refractivity contribution in [2.45, 2.75) is 52.2 Å². The Bertz CT molecular complexity index is 623. The number of aliphatic imine (C=N–C) groups is 1. The SMILES string of the molecule is CCNC(=NCCCOc1cccc(OC)c1)NC1CCN(CCOC(C)C)CC1.I. The highest BCUT2D eigenvalue weighted by Crippen LogP contribution is 2.18. The number of nitrogens with zero attached hydrogens (tertiary/aromatic N) is 2. The highest BCUT2D eigenvalue weighted by molar-refractivity contribution is 14.0. The fraction of sp³-hybridized carbons (Fsp3) is 0.696. The maximum Gasteiger partial charge on any atom is 0.191 e. The zero-order chi connectivity index (χ0) is 21.6. The lowest BCUT2D eigenvalue weighted by atomic mass is 10.1. The molecule has 0 unspecified atom stereocenters. The number of guanidine groups is 1. The highest BCUT2D eigenvalue weighted by atomic mass is 127. The van der Waals surface area contributed by atoms with Gasteiger partial charge in [-0.2, -0.15) is 0 Å². The minimum absolute atomic E-state index is 0. The van der Waals surface area contributed by atoms with Gasteiger partial charge in [0.2, 0.25) is 0 Å². The molecule has 1 heterocycles. The number of rotatable bonds is 12. The summed E-state index contributed by atoms with van der Waals surface area (Å²) in [6, 6.07) is 8.16. The molecule has 0 radical (unpaired) electrons. The smallest absolute Gasteiger partial charge is 0.191 e. The van der Waals surface area contributed by atoms with Crippen molar-refractivity contribution in [3.63, 3.8) is 0 Å². The van der Waals surface area contributed by atoms with Crippen molar-refractivity contribution in [2.24, 2.45) is 4.99 Å². The molecule has 0 saturated carbocycles. The number of nitrogens with one attached hydrogen (secondary N) is 2. The van der Waals surface area contributed by atoms with Gasteiger partial charge in [0.05, 0.1) is 26.4 Å². The molecule has 1 saturated heterocycles. The number of methoxy groups -OCH3 is 1. The van der Waals surface area contributed by atoms with Crippen LogP contribution in [0.2, 0.25) is 0 Å². The van der Waals surface area contributed by atoms with E-state index in [1.807, 2.05) is 24.3 Å². The Morgan fingerprint density at radius 2 is 1.94 bits per heavy atom. The Morgan fingerprint density at radius 3 is 2.61 bits per heavy atom. The minimum Gasteiger partial charge on any atom is -0.497 e. The summed E-state index contributed by atoms with van der Waals surface area (Å²) in [6.45, 7) is 12.5. The minimum atomic E-state index is 0. The molecular formula is C23H41IN4O3. The van der Waals surface area contributed by atoms with E-state index >= 15 is 0 Å². The van der Waals surface area contributed by atoms with E-state index in [0.717, 1.165) is 76.1 Å². The lowest BCUT2D eigenvalue weighted by molar-refractivity contribution is 0.0532. The topological polar surface area (TPSA) is 67.4 Å². The Morgan fingerprint density at radius 1 is 1.19 bits per heavy atom. The summed E-state index contributed by atoms with van der Waals surface area (Å²) in [4.78, 5) is 7.20. The quantitative estimate of drug-likeness (QED) is 0.180. The van der Waals surface area contributed by atoms with E-state index in [2.05, 4.69) is 36.3 Å². The highest BCUT2D eigenvalue weighted by Gasteiger charge is 2.19. The molecule has 0 amide bonds. The zero-order valence-electron chi connectivity index (χ0n) is 19.6. The monoisotopic (exact) mass is 548 g/mol. The van der Waals surface area contributed by atoms with Crippen LogP contribution in [-0.4, -0.2) is 76.1 Å². The maximum absolute atomic E-state index is 5.79. The summed E-state index contributed by atoms with van der Waals surface area (Å²) >= 11 is 0. The second-order valence-corrected chi connectivity index (χ2v) is 7.82. The standard InChI is InChI=1S/C23H40N4O3.HI/c1-5-24-23(25-12-7-16-30-22-9-6-8-21(18-22)28-4)26-20-10-13-27(14-11-20)15-17-29-19(2)3;/h6,8-9,18-20H,5,7,10-17H2,1-4H3,(H2,24,25,26);1H. The van der Waals surface area contributed by atoms with Crippen molar-refractivity contribution in [1.82, 2.24) is 15.5 Å². The van der Waals surface area contributed by atoms with Gasteiger partial charge in [-0.15, -0.1) is 24.0 Å². The molecule has 8 heteroatoms. The van der Waals surface area contributed by atoms with Gasteiger partial charge in [0.1, 0.15) is 11.5 Å². The third kappa shape index (κ3) is 11.8. The first-order valence-electron chi connectivity index (χ1n) is 11.3. The molecule has 0 atom stereocenters. The molecular weight excluding hydrogens is 507 g/mol. The lowest BCUT2D eigenvalue weighted by Gasteiger charge is -2.33. The van der Waals surface area contributed by atoms with Crippen LogP contribution in [0.3, 0.4) is 0 Å². The summed E-state index contributed by atoms with van der Waals surface area (Å²) in [6.07, 6.45) is 3.43. The molecule has 0 bridgehead atoms. The second kappa shape index (κ2) is 16.4. The molecule has 31 heavy (non-hydrogen) atoms. The van der Waals surface area contributed by atoms with Gasteiger partial charge in [0.15, 0.2) is 5.96 Å². The van der Waals surface area contributed by atoms with Gasteiger partial charge in [-0.25, -0.2) is 0 Å². The van der Waals surface area contributed by atoms with E-state index in [0.29, 0.717) is 18.8 Å². The molecule has 0 spiro atoms. The fourth-order valence-electron chi connectivity index (χ4n) is 3.37. The van der Waals surface area contributed by atoms with E-state index in [-0.39, 0.29) is 24.0 Å². The number of halogens is 1. The molecule has 1 fully saturated rings. The van der Waals surface area contributed by atoms with Gasteiger partial charge in [-0.05, 0) is 45.7 Å². The largest absolute Gasteiger partial charge is 0.497 e. The maximum atomic E-state index is 5.79. The van der Waals surface area contributed by atoms with Gasteiger partial charge in [-0.3, -0.25) is 4.99 Å². The molecule has 0 aromatic heterocycles. The van der Waals surface area contributed by atoms with Crippen molar-refractivity contribution in [2.75, 3.05) is 53.0 Å².